The fraction of sp³-hybridized carbons (Fsp3) is 0.692. The summed E-state index contributed by atoms with van der Waals surface area (Å²) in [6, 6.07) is 0. The largest absolute Gasteiger partial charge is 0.389 e. The van der Waals surface area contributed by atoms with Gasteiger partial charge in [-0.15, -0.1) is 0 Å². The summed E-state index contributed by atoms with van der Waals surface area (Å²) in [5.41, 5.74) is 2.43. The van der Waals surface area contributed by atoms with Crippen molar-refractivity contribution in [1.82, 2.24) is 5.32 Å². The molecule has 0 aliphatic carbocycles. The Hall–Kier alpha value is -0.720. The standard InChI is InChI=1S/C13H25N/c1-10(2)13(6)12(5)8-7-9-14-11(3)4/h10,12,14H,3,6-9H2,1-2,4-5H3. The molecule has 14 heavy (non-hydrogen) atoms. The Morgan fingerprint density at radius 2 is 1.79 bits per heavy atom. The van der Waals surface area contributed by atoms with E-state index in [0.29, 0.717) is 11.8 Å². The third-order valence-corrected chi connectivity index (χ3v) is 2.62. The van der Waals surface area contributed by atoms with Crippen LogP contribution in [-0.4, -0.2) is 6.54 Å². The second kappa shape index (κ2) is 6.69. The molecule has 0 aromatic rings. The number of nitrogens with one attached hydrogen (secondary N) is 1. The Morgan fingerprint density at radius 3 is 2.21 bits per heavy atom. The summed E-state index contributed by atoms with van der Waals surface area (Å²) in [4.78, 5) is 0. The molecule has 1 nitrogen and oxygen atoms in total. The van der Waals surface area contributed by atoms with E-state index in [9.17, 15) is 0 Å². The van der Waals surface area contributed by atoms with Gasteiger partial charge in [0.2, 0.25) is 0 Å². The van der Waals surface area contributed by atoms with Crippen molar-refractivity contribution in [3.8, 4) is 0 Å². The summed E-state index contributed by atoms with van der Waals surface area (Å²) in [5.74, 6) is 1.25. The van der Waals surface area contributed by atoms with Gasteiger partial charge in [0, 0.05) is 12.2 Å². The third kappa shape index (κ3) is 5.85. The summed E-state index contributed by atoms with van der Waals surface area (Å²) in [6.45, 7) is 17.7. The van der Waals surface area contributed by atoms with Gasteiger partial charge in [0.05, 0.1) is 0 Å². The Labute approximate surface area is 89.3 Å². The minimum atomic E-state index is 0.610. The topological polar surface area (TPSA) is 12.0 Å². The molecule has 0 aliphatic rings. The van der Waals surface area contributed by atoms with Crippen LogP contribution in [0.15, 0.2) is 24.4 Å². The number of allylic oxidation sites excluding steroid dienone is 2. The predicted octanol–water partition coefficient (Wildman–Crippen LogP) is 3.74. The lowest BCUT2D eigenvalue weighted by atomic mass is 9.89. The van der Waals surface area contributed by atoms with E-state index in [1.165, 1.54) is 18.4 Å². The van der Waals surface area contributed by atoms with Gasteiger partial charge in [-0.25, -0.2) is 0 Å². The van der Waals surface area contributed by atoms with E-state index in [-0.39, 0.29) is 0 Å². The van der Waals surface area contributed by atoms with Crippen molar-refractivity contribution in [3.63, 3.8) is 0 Å². The Balaban J connectivity index is 3.59. The van der Waals surface area contributed by atoms with Crippen LogP contribution in [0.4, 0.5) is 0 Å². The van der Waals surface area contributed by atoms with E-state index < -0.39 is 0 Å². The smallest absolute Gasteiger partial charge is 0.0143 e. The summed E-state index contributed by atoms with van der Waals surface area (Å²) in [7, 11) is 0. The highest BCUT2D eigenvalue weighted by atomic mass is 14.9. The maximum Gasteiger partial charge on any atom is 0.0143 e. The fourth-order valence-electron chi connectivity index (χ4n) is 1.46. The summed E-state index contributed by atoms with van der Waals surface area (Å²) < 4.78 is 0. The lowest BCUT2D eigenvalue weighted by molar-refractivity contribution is 0.519. The molecule has 0 heterocycles. The summed E-state index contributed by atoms with van der Waals surface area (Å²) in [6.07, 6.45) is 2.41. The Bertz CT molecular complexity index is 191. The predicted molar refractivity (Wildman–Crippen MR) is 65.2 cm³/mol. The molecule has 82 valence electrons. The highest BCUT2D eigenvalue weighted by molar-refractivity contribution is 5.01. The van der Waals surface area contributed by atoms with Crippen molar-refractivity contribution >= 4 is 0 Å². The van der Waals surface area contributed by atoms with Crippen molar-refractivity contribution in [2.45, 2.75) is 40.5 Å². The molecule has 1 heteroatoms. The first-order valence-corrected chi connectivity index (χ1v) is 5.53. The van der Waals surface area contributed by atoms with Crippen molar-refractivity contribution in [2.75, 3.05) is 6.54 Å². The van der Waals surface area contributed by atoms with E-state index >= 15 is 0 Å². The monoisotopic (exact) mass is 195 g/mol. The minimum absolute atomic E-state index is 0.610. The van der Waals surface area contributed by atoms with Crippen LogP contribution in [0.2, 0.25) is 0 Å². The maximum absolute atomic E-state index is 4.13. The molecule has 0 aromatic carbocycles. The van der Waals surface area contributed by atoms with Crippen LogP contribution in [-0.2, 0) is 0 Å². The van der Waals surface area contributed by atoms with Gasteiger partial charge in [0.1, 0.15) is 0 Å². The second-order valence-corrected chi connectivity index (χ2v) is 4.48. The number of rotatable bonds is 7. The van der Waals surface area contributed by atoms with E-state index in [1.54, 1.807) is 0 Å². The van der Waals surface area contributed by atoms with Crippen LogP contribution in [0, 0.1) is 11.8 Å². The molecular weight excluding hydrogens is 170 g/mol. The number of hydrogen-bond acceptors (Lipinski definition) is 1. The van der Waals surface area contributed by atoms with Crippen LogP contribution in [0.1, 0.15) is 40.5 Å². The quantitative estimate of drug-likeness (QED) is 0.482. The zero-order chi connectivity index (χ0) is 11.1. The molecule has 1 atom stereocenters. The Morgan fingerprint density at radius 1 is 1.21 bits per heavy atom. The molecule has 0 bridgehead atoms. The second-order valence-electron chi connectivity index (χ2n) is 4.48. The first-order chi connectivity index (χ1) is 6.45. The van der Waals surface area contributed by atoms with Crippen LogP contribution in [0.3, 0.4) is 0 Å². The van der Waals surface area contributed by atoms with Gasteiger partial charge in [0.25, 0.3) is 0 Å². The number of hydrogen-bond donors (Lipinski definition) is 1. The molecule has 0 fully saturated rings. The molecule has 0 spiro atoms. The van der Waals surface area contributed by atoms with Crippen LogP contribution < -0.4 is 5.32 Å². The average Bonchev–Trinajstić information content (AvgIpc) is 2.10. The SMILES string of the molecule is C=C(C)NCCCC(C)C(=C)C(C)C. The highest BCUT2D eigenvalue weighted by Gasteiger charge is 2.09. The van der Waals surface area contributed by atoms with Crippen molar-refractivity contribution < 1.29 is 0 Å². The molecule has 1 unspecified atom stereocenters. The molecule has 0 rings (SSSR count). The molecule has 0 radical (unpaired) electrons. The van der Waals surface area contributed by atoms with Crippen molar-refractivity contribution in [3.05, 3.63) is 24.4 Å². The molecule has 0 aromatic heterocycles. The van der Waals surface area contributed by atoms with Gasteiger partial charge >= 0.3 is 0 Å². The first-order valence-electron chi connectivity index (χ1n) is 5.53. The summed E-state index contributed by atoms with van der Waals surface area (Å²) >= 11 is 0. The molecule has 0 aliphatic heterocycles. The average molecular weight is 195 g/mol. The molecule has 0 saturated carbocycles. The lowest BCUT2D eigenvalue weighted by Gasteiger charge is -2.18. The van der Waals surface area contributed by atoms with Gasteiger partial charge in [0.15, 0.2) is 0 Å². The van der Waals surface area contributed by atoms with Gasteiger partial charge in [-0.3, -0.25) is 0 Å². The maximum atomic E-state index is 4.13. The van der Waals surface area contributed by atoms with Crippen LogP contribution in [0.25, 0.3) is 0 Å². The van der Waals surface area contributed by atoms with E-state index in [1.807, 2.05) is 6.92 Å². The van der Waals surface area contributed by atoms with Crippen LogP contribution in [0.5, 0.6) is 0 Å². The molecule has 0 amide bonds. The molecule has 1 N–H and O–H groups in total. The lowest BCUT2D eigenvalue weighted by Crippen LogP contribution is -2.13. The third-order valence-electron chi connectivity index (χ3n) is 2.62. The molecule has 0 saturated heterocycles. The fourth-order valence-corrected chi connectivity index (χ4v) is 1.46. The normalized spacial score (nSPS) is 12.6. The molecular formula is C13H25N. The van der Waals surface area contributed by atoms with Crippen molar-refractivity contribution in [1.29, 1.82) is 0 Å². The Kier molecular flexibility index (Phi) is 6.35. The zero-order valence-corrected chi connectivity index (χ0v) is 10.2. The van der Waals surface area contributed by atoms with Gasteiger partial charge in [-0.1, -0.05) is 39.5 Å². The van der Waals surface area contributed by atoms with Crippen molar-refractivity contribution in [2.24, 2.45) is 11.8 Å². The zero-order valence-electron chi connectivity index (χ0n) is 10.2. The minimum Gasteiger partial charge on any atom is -0.389 e. The van der Waals surface area contributed by atoms with Crippen LogP contribution >= 0.6 is 0 Å². The van der Waals surface area contributed by atoms with Gasteiger partial charge in [-0.2, -0.15) is 0 Å². The van der Waals surface area contributed by atoms with E-state index in [0.717, 1.165) is 12.2 Å². The summed E-state index contributed by atoms with van der Waals surface area (Å²) in [5, 5.41) is 3.24. The van der Waals surface area contributed by atoms with E-state index in [4.69, 9.17) is 0 Å². The van der Waals surface area contributed by atoms with E-state index in [2.05, 4.69) is 39.2 Å². The highest BCUT2D eigenvalue weighted by Crippen LogP contribution is 2.21. The first kappa shape index (κ1) is 13.3. The van der Waals surface area contributed by atoms with Gasteiger partial charge < -0.3 is 5.32 Å². The van der Waals surface area contributed by atoms with Gasteiger partial charge in [-0.05, 0) is 31.6 Å².